The summed E-state index contributed by atoms with van der Waals surface area (Å²) in [5.41, 5.74) is 0. The zero-order valence-corrected chi connectivity index (χ0v) is 5.76. The molecular formula is C5H9NO2S. The number of allylic oxidation sites excluding steroid dienone is 1. The average molecular weight is 147 g/mol. The number of hydrogen-bond donors (Lipinski definition) is 1. The fourth-order valence-electron chi connectivity index (χ4n) is 0.878. The summed E-state index contributed by atoms with van der Waals surface area (Å²) in [6.45, 7) is 0. The first-order valence-electron chi connectivity index (χ1n) is 2.79. The van der Waals surface area contributed by atoms with Crippen molar-refractivity contribution in [2.24, 2.45) is 5.14 Å². The van der Waals surface area contributed by atoms with Gasteiger partial charge in [0.25, 0.3) is 0 Å². The number of sulfonamides is 1. The van der Waals surface area contributed by atoms with Crippen LogP contribution in [0.5, 0.6) is 0 Å². The van der Waals surface area contributed by atoms with Crippen molar-refractivity contribution in [3.05, 3.63) is 12.2 Å². The van der Waals surface area contributed by atoms with E-state index in [1.54, 1.807) is 6.08 Å². The molecule has 9 heavy (non-hydrogen) atoms. The molecular weight excluding hydrogens is 138 g/mol. The maximum Gasteiger partial charge on any atom is 0.215 e. The van der Waals surface area contributed by atoms with Crippen LogP contribution in [0.15, 0.2) is 12.2 Å². The second-order valence-electron chi connectivity index (χ2n) is 2.13. The lowest BCUT2D eigenvalue weighted by Crippen LogP contribution is -2.24. The Morgan fingerprint density at radius 3 is 2.44 bits per heavy atom. The molecule has 1 rings (SSSR count). The molecule has 0 aromatic carbocycles. The maximum absolute atomic E-state index is 10.6. The van der Waals surface area contributed by atoms with Crippen LogP contribution in [0.1, 0.15) is 12.8 Å². The van der Waals surface area contributed by atoms with Crippen LogP contribution >= 0.6 is 0 Å². The minimum Gasteiger partial charge on any atom is -0.228 e. The van der Waals surface area contributed by atoms with Crippen LogP contribution in [0, 0.1) is 0 Å². The van der Waals surface area contributed by atoms with E-state index in [-0.39, 0.29) is 0 Å². The summed E-state index contributed by atoms with van der Waals surface area (Å²) in [5, 5.41) is 4.44. The van der Waals surface area contributed by atoms with Crippen molar-refractivity contribution in [3.63, 3.8) is 0 Å². The highest BCUT2D eigenvalue weighted by atomic mass is 32.2. The molecule has 3 nitrogen and oxygen atoms in total. The standard InChI is InChI=1S/C5H9NO2S/c6-9(7,8)5-3-1-2-4-5/h1,3,5H,2,4H2,(H2,6,7,8). The second kappa shape index (κ2) is 2.11. The van der Waals surface area contributed by atoms with Crippen LogP contribution in [-0.4, -0.2) is 13.7 Å². The number of primary sulfonamides is 1. The van der Waals surface area contributed by atoms with E-state index in [1.165, 1.54) is 0 Å². The average Bonchev–Trinajstić information content (AvgIpc) is 2.08. The third-order valence-corrected chi connectivity index (χ3v) is 2.63. The smallest absolute Gasteiger partial charge is 0.215 e. The van der Waals surface area contributed by atoms with E-state index in [0.717, 1.165) is 6.42 Å². The van der Waals surface area contributed by atoms with E-state index < -0.39 is 15.3 Å². The largest absolute Gasteiger partial charge is 0.228 e. The SMILES string of the molecule is NS(=O)(=O)C1C=CCC1. The van der Waals surface area contributed by atoms with E-state index in [9.17, 15) is 8.42 Å². The molecule has 0 amide bonds. The lowest BCUT2D eigenvalue weighted by molar-refractivity contribution is 0.588. The van der Waals surface area contributed by atoms with Gasteiger partial charge in [-0.2, -0.15) is 0 Å². The van der Waals surface area contributed by atoms with Gasteiger partial charge in [0, 0.05) is 0 Å². The van der Waals surface area contributed by atoms with Crippen LogP contribution in [0.2, 0.25) is 0 Å². The molecule has 0 aromatic rings. The Morgan fingerprint density at radius 1 is 1.56 bits per heavy atom. The topological polar surface area (TPSA) is 60.2 Å². The summed E-state index contributed by atoms with van der Waals surface area (Å²) < 4.78 is 21.1. The highest BCUT2D eigenvalue weighted by Gasteiger charge is 2.19. The first-order valence-corrected chi connectivity index (χ1v) is 4.40. The predicted molar refractivity (Wildman–Crippen MR) is 35.3 cm³/mol. The molecule has 4 heteroatoms. The lowest BCUT2D eigenvalue weighted by atomic mass is 10.4. The molecule has 1 aliphatic carbocycles. The van der Waals surface area contributed by atoms with Gasteiger partial charge in [-0.15, -0.1) is 0 Å². The van der Waals surface area contributed by atoms with E-state index in [1.807, 2.05) is 6.08 Å². The quantitative estimate of drug-likeness (QED) is 0.530. The molecule has 0 spiro atoms. The van der Waals surface area contributed by atoms with Crippen molar-refractivity contribution < 1.29 is 8.42 Å². The van der Waals surface area contributed by atoms with Gasteiger partial charge in [-0.25, -0.2) is 13.6 Å². The highest BCUT2D eigenvalue weighted by molar-refractivity contribution is 7.89. The molecule has 0 radical (unpaired) electrons. The van der Waals surface area contributed by atoms with Crippen molar-refractivity contribution >= 4 is 10.0 Å². The molecule has 0 fully saturated rings. The summed E-state index contributed by atoms with van der Waals surface area (Å²) in [6.07, 6.45) is 4.98. The van der Waals surface area contributed by atoms with Crippen molar-refractivity contribution in [1.29, 1.82) is 0 Å². The molecule has 0 heterocycles. The van der Waals surface area contributed by atoms with Crippen LogP contribution in [0.4, 0.5) is 0 Å². The molecule has 0 aromatic heterocycles. The molecule has 0 aliphatic heterocycles. The van der Waals surface area contributed by atoms with Crippen molar-refractivity contribution in [2.45, 2.75) is 18.1 Å². The Hall–Kier alpha value is -0.350. The Kier molecular flexibility index (Phi) is 1.59. The van der Waals surface area contributed by atoms with Gasteiger partial charge in [-0.3, -0.25) is 0 Å². The van der Waals surface area contributed by atoms with Gasteiger partial charge >= 0.3 is 0 Å². The summed E-state index contributed by atoms with van der Waals surface area (Å²) in [5.74, 6) is 0. The van der Waals surface area contributed by atoms with E-state index in [4.69, 9.17) is 5.14 Å². The zero-order valence-electron chi connectivity index (χ0n) is 4.95. The lowest BCUT2D eigenvalue weighted by Gasteiger charge is -2.01. The molecule has 0 saturated carbocycles. The molecule has 2 N–H and O–H groups in total. The third kappa shape index (κ3) is 1.53. The van der Waals surface area contributed by atoms with Gasteiger partial charge < -0.3 is 0 Å². The monoisotopic (exact) mass is 147 g/mol. The number of rotatable bonds is 1. The minimum atomic E-state index is -3.29. The summed E-state index contributed by atoms with van der Waals surface area (Å²) >= 11 is 0. The van der Waals surface area contributed by atoms with Gasteiger partial charge in [0.05, 0.1) is 5.25 Å². The molecule has 1 aliphatic rings. The van der Waals surface area contributed by atoms with Crippen LogP contribution < -0.4 is 5.14 Å². The van der Waals surface area contributed by atoms with Crippen LogP contribution in [0.25, 0.3) is 0 Å². The summed E-state index contributed by atoms with van der Waals surface area (Å²) in [4.78, 5) is 0. The van der Waals surface area contributed by atoms with Crippen LogP contribution in [-0.2, 0) is 10.0 Å². The number of hydrogen-bond acceptors (Lipinski definition) is 2. The Balaban J connectivity index is 2.76. The van der Waals surface area contributed by atoms with Crippen molar-refractivity contribution in [2.75, 3.05) is 0 Å². The van der Waals surface area contributed by atoms with E-state index in [2.05, 4.69) is 0 Å². The first-order chi connectivity index (χ1) is 4.11. The third-order valence-electron chi connectivity index (χ3n) is 1.39. The fourth-order valence-corrected chi connectivity index (χ4v) is 1.67. The Labute approximate surface area is 54.6 Å². The van der Waals surface area contributed by atoms with Gasteiger partial charge in [0.15, 0.2) is 0 Å². The summed E-state index contributed by atoms with van der Waals surface area (Å²) in [6, 6.07) is 0. The van der Waals surface area contributed by atoms with Gasteiger partial charge in [-0.05, 0) is 12.8 Å². The van der Waals surface area contributed by atoms with Gasteiger partial charge in [0.2, 0.25) is 10.0 Å². The van der Waals surface area contributed by atoms with Gasteiger partial charge in [0.1, 0.15) is 0 Å². The minimum absolute atomic E-state index is 0.419. The molecule has 0 bridgehead atoms. The molecule has 1 unspecified atom stereocenters. The normalized spacial score (nSPS) is 27.0. The van der Waals surface area contributed by atoms with Crippen LogP contribution in [0.3, 0.4) is 0 Å². The van der Waals surface area contributed by atoms with Gasteiger partial charge in [-0.1, -0.05) is 12.2 Å². The zero-order chi connectivity index (χ0) is 6.91. The highest BCUT2D eigenvalue weighted by Crippen LogP contribution is 2.14. The molecule has 1 atom stereocenters. The second-order valence-corrected chi connectivity index (χ2v) is 3.92. The maximum atomic E-state index is 10.6. The van der Waals surface area contributed by atoms with E-state index in [0.29, 0.717) is 6.42 Å². The van der Waals surface area contributed by atoms with E-state index >= 15 is 0 Å². The van der Waals surface area contributed by atoms with Crippen molar-refractivity contribution in [3.8, 4) is 0 Å². The van der Waals surface area contributed by atoms with Crippen molar-refractivity contribution in [1.82, 2.24) is 0 Å². The fraction of sp³-hybridized carbons (Fsp3) is 0.600. The Bertz CT molecular complexity index is 217. The predicted octanol–water partition coefficient (Wildman–Crippen LogP) is -0.00650. The summed E-state index contributed by atoms with van der Waals surface area (Å²) in [7, 11) is -3.29. The first kappa shape index (κ1) is 6.77. The molecule has 0 saturated heterocycles. The number of nitrogens with two attached hydrogens (primary N) is 1. The Morgan fingerprint density at radius 2 is 2.22 bits per heavy atom. The molecule has 52 valence electrons.